The number of hydrogen-bond donors (Lipinski definition) is 1. The first kappa shape index (κ1) is 13.3. The van der Waals surface area contributed by atoms with Crippen LogP contribution in [0.15, 0.2) is 24.3 Å². The topological polar surface area (TPSA) is 21.3 Å². The molecule has 0 saturated carbocycles. The van der Waals surface area contributed by atoms with Crippen LogP contribution in [0.25, 0.3) is 0 Å². The van der Waals surface area contributed by atoms with E-state index in [1.54, 1.807) is 0 Å². The van der Waals surface area contributed by atoms with Crippen molar-refractivity contribution < 1.29 is 4.74 Å². The maximum atomic E-state index is 6.30. The van der Waals surface area contributed by atoms with Gasteiger partial charge in [0, 0.05) is 12.5 Å². The summed E-state index contributed by atoms with van der Waals surface area (Å²) in [5.41, 5.74) is 1.41. The van der Waals surface area contributed by atoms with Crippen LogP contribution in [0, 0.1) is 0 Å². The highest BCUT2D eigenvalue weighted by Crippen LogP contribution is 2.33. The van der Waals surface area contributed by atoms with Crippen LogP contribution in [0.3, 0.4) is 0 Å². The largest absolute Gasteiger partial charge is 0.490 e. The minimum atomic E-state index is 0.430. The van der Waals surface area contributed by atoms with E-state index in [1.807, 2.05) is 0 Å². The van der Waals surface area contributed by atoms with Gasteiger partial charge in [0.1, 0.15) is 11.9 Å². The Morgan fingerprint density at radius 3 is 2.74 bits per heavy atom. The third-order valence-corrected chi connectivity index (χ3v) is 5.17. The number of hydrogen-bond acceptors (Lipinski definition) is 3. The van der Waals surface area contributed by atoms with E-state index in [0.717, 1.165) is 12.3 Å². The number of rotatable bonds is 3. The maximum Gasteiger partial charge on any atom is 0.123 e. The predicted octanol–water partition coefficient (Wildman–Crippen LogP) is 3.43. The molecule has 1 N–H and O–H groups in total. The summed E-state index contributed by atoms with van der Waals surface area (Å²) in [5.74, 6) is 4.26. The summed E-state index contributed by atoms with van der Waals surface area (Å²) in [6.07, 6.45) is 5.38. The van der Waals surface area contributed by atoms with Crippen LogP contribution >= 0.6 is 11.8 Å². The molecule has 3 heteroatoms. The molecule has 1 atom stereocenters. The number of benzene rings is 1. The Labute approximate surface area is 120 Å². The van der Waals surface area contributed by atoms with Gasteiger partial charge >= 0.3 is 0 Å². The zero-order chi connectivity index (χ0) is 12.9. The molecule has 1 aromatic carbocycles. The summed E-state index contributed by atoms with van der Waals surface area (Å²) in [4.78, 5) is 0. The van der Waals surface area contributed by atoms with Crippen molar-refractivity contribution in [1.29, 1.82) is 0 Å². The van der Waals surface area contributed by atoms with E-state index in [4.69, 9.17) is 4.74 Å². The third kappa shape index (κ3) is 3.46. The van der Waals surface area contributed by atoms with Crippen molar-refractivity contribution in [2.24, 2.45) is 0 Å². The van der Waals surface area contributed by atoms with E-state index < -0.39 is 0 Å². The summed E-state index contributed by atoms with van der Waals surface area (Å²) in [5, 5.41) is 3.51. The number of piperidine rings is 1. The fraction of sp³-hybridized carbons (Fsp3) is 0.625. The second kappa shape index (κ2) is 6.67. The highest BCUT2D eigenvalue weighted by molar-refractivity contribution is 7.99. The van der Waals surface area contributed by atoms with Crippen molar-refractivity contribution in [3.63, 3.8) is 0 Å². The van der Waals surface area contributed by atoms with Gasteiger partial charge < -0.3 is 10.1 Å². The van der Waals surface area contributed by atoms with Gasteiger partial charge in [-0.05, 0) is 55.4 Å². The number of thioether (sulfide) groups is 1. The summed E-state index contributed by atoms with van der Waals surface area (Å²) in [6, 6.07) is 8.66. The maximum absolute atomic E-state index is 6.30. The Morgan fingerprint density at radius 1 is 1.11 bits per heavy atom. The Kier molecular flexibility index (Phi) is 4.67. The van der Waals surface area contributed by atoms with Crippen LogP contribution in [0.5, 0.6) is 5.75 Å². The first-order valence-corrected chi connectivity index (χ1v) is 8.63. The molecule has 104 valence electrons. The lowest BCUT2D eigenvalue weighted by Crippen LogP contribution is -2.29. The Hall–Kier alpha value is -0.670. The van der Waals surface area contributed by atoms with Crippen molar-refractivity contribution >= 4 is 11.8 Å². The van der Waals surface area contributed by atoms with Gasteiger partial charge in [0.05, 0.1) is 0 Å². The van der Waals surface area contributed by atoms with Crippen molar-refractivity contribution in [2.75, 3.05) is 24.6 Å². The van der Waals surface area contributed by atoms with Gasteiger partial charge in [-0.25, -0.2) is 0 Å². The van der Waals surface area contributed by atoms with E-state index in [-0.39, 0.29) is 0 Å². The monoisotopic (exact) mass is 277 g/mol. The fourth-order valence-electron chi connectivity index (χ4n) is 3.02. The van der Waals surface area contributed by atoms with Gasteiger partial charge in [-0.2, -0.15) is 11.8 Å². The molecule has 2 aliphatic rings. The standard InChI is InChI=1S/C16H23NOS/c1-2-6-16(18-14-7-10-19-11-8-14)15(5-1)13-4-3-9-17-12-13/h1-2,5-6,13-14,17H,3-4,7-12H2. The van der Waals surface area contributed by atoms with E-state index in [0.29, 0.717) is 12.0 Å². The molecule has 19 heavy (non-hydrogen) atoms. The Morgan fingerprint density at radius 2 is 1.95 bits per heavy atom. The molecule has 2 nitrogen and oxygen atoms in total. The average molecular weight is 277 g/mol. The van der Waals surface area contributed by atoms with Gasteiger partial charge in [0.2, 0.25) is 0 Å². The number of ether oxygens (including phenoxy) is 1. The zero-order valence-electron chi connectivity index (χ0n) is 11.4. The van der Waals surface area contributed by atoms with E-state index >= 15 is 0 Å². The zero-order valence-corrected chi connectivity index (χ0v) is 12.3. The molecule has 1 aromatic rings. The van der Waals surface area contributed by atoms with E-state index in [2.05, 4.69) is 41.3 Å². The SMILES string of the molecule is c1ccc(C2CCCNC2)c(OC2CCSCC2)c1. The van der Waals surface area contributed by atoms with Crippen LogP contribution in [0.2, 0.25) is 0 Å². The van der Waals surface area contributed by atoms with Gasteiger partial charge in [0.15, 0.2) is 0 Å². The Bertz CT molecular complexity index is 397. The van der Waals surface area contributed by atoms with Crippen LogP contribution in [-0.2, 0) is 0 Å². The highest BCUT2D eigenvalue weighted by atomic mass is 32.2. The quantitative estimate of drug-likeness (QED) is 0.914. The van der Waals surface area contributed by atoms with Crippen LogP contribution in [0.4, 0.5) is 0 Å². The normalized spacial score (nSPS) is 25.2. The minimum Gasteiger partial charge on any atom is -0.490 e. The highest BCUT2D eigenvalue weighted by Gasteiger charge is 2.21. The van der Waals surface area contributed by atoms with E-state index in [1.165, 1.54) is 49.3 Å². The Balaban J connectivity index is 1.72. The molecule has 2 saturated heterocycles. The molecular formula is C16H23NOS. The lowest BCUT2D eigenvalue weighted by atomic mass is 9.91. The fourth-order valence-corrected chi connectivity index (χ4v) is 4.08. The van der Waals surface area contributed by atoms with Gasteiger partial charge in [-0.3, -0.25) is 0 Å². The van der Waals surface area contributed by atoms with Crippen LogP contribution in [0.1, 0.15) is 37.2 Å². The number of para-hydroxylation sites is 1. The molecule has 0 radical (unpaired) electrons. The molecule has 2 aliphatic heterocycles. The molecule has 0 amide bonds. The first-order valence-electron chi connectivity index (χ1n) is 7.47. The van der Waals surface area contributed by atoms with Crippen molar-refractivity contribution in [3.8, 4) is 5.75 Å². The molecule has 2 fully saturated rings. The molecule has 1 unspecified atom stereocenters. The smallest absolute Gasteiger partial charge is 0.123 e. The minimum absolute atomic E-state index is 0.430. The summed E-state index contributed by atoms with van der Waals surface area (Å²) in [6.45, 7) is 2.26. The second-order valence-electron chi connectivity index (χ2n) is 5.51. The van der Waals surface area contributed by atoms with E-state index in [9.17, 15) is 0 Å². The summed E-state index contributed by atoms with van der Waals surface area (Å²) < 4.78 is 6.30. The van der Waals surface area contributed by atoms with Gasteiger partial charge in [-0.1, -0.05) is 18.2 Å². The lowest BCUT2D eigenvalue weighted by Gasteiger charge is -2.28. The van der Waals surface area contributed by atoms with Crippen LogP contribution < -0.4 is 10.1 Å². The molecule has 0 spiro atoms. The number of nitrogens with one attached hydrogen (secondary N) is 1. The molecule has 0 aliphatic carbocycles. The lowest BCUT2D eigenvalue weighted by molar-refractivity contribution is 0.189. The van der Waals surface area contributed by atoms with Crippen molar-refractivity contribution in [3.05, 3.63) is 29.8 Å². The van der Waals surface area contributed by atoms with Crippen molar-refractivity contribution in [1.82, 2.24) is 5.32 Å². The van der Waals surface area contributed by atoms with Gasteiger partial charge in [-0.15, -0.1) is 0 Å². The summed E-state index contributed by atoms with van der Waals surface area (Å²) >= 11 is 2.05. The van der Waals surface area contributed by atoms with Gasteiger partial charge in [0.25, 0.3) is 0 Å². The molecule has 0 bridgehead atoms. The van der Waals surface area contributed by atoms with Crippen molar-refractivity contribution in [2.45, 2.75) is 37.7 Å². The molecule has 3 rings (SSSR count). The predicted molar refractivity (Wildman–Crippen MR) is 82.3 cm³/mol. The first-order chi connectivity index (χ1) is 9.43. The second-order valence-corrected chi connectivity index (χ2v) is 6.74. The average Bonchev–Trinajstić information content (AvgIpc) is 2.50. The molecule has 2 heterocycles. The molecular weight excluding hydrogens is 254 g/mol. The van der Waals surface area contributed by atoms with Crippen LogP contribution in [-0.4, -0.2) is 30.7 Å². The molecule has 0 aromatic heterocycles. The third-order valence-electron chi connectivity index (χ3n) is 4.12. The summed E-state index contributed by atoms with van der Waals surface area (Å²) in [7, 11) is 0.